The van der Waals surface area contributed by atoms with Gasteiger partial charge in [-0.3, -0.25) is 4.99 Å². The Morgan fingerprint density at radius 2 is 1.84 bits per heavy atom. The van der Waals surface area contributed by atoms with Gasteiger partial charge in [0.1, 0.15) is 22.9 Å². The van der Waals surface area contributed by atoms with Crippen molar-refractivity contribution in [2.45, 2.75) is 6.92 Å². The maximum Gasteiger partial charge on any atom is 0.144 e. The maximum absolute atomic E-state index is 9.81. The van der Waals surface area contributed by atoms with Crippen molar-refractivity contribution in [1.82, 2.24) is 0 Å². The molecule has 0 bridgehead atoms. The highest BCUT2D eigenvalue weighted by atomic mass is 16.5. The second kappa shape index (κ2) is 5.91. The van der Waals surface area contributed by atoms with Crippen molar-refractivity contribution in [3.8, 4) is 17.2 Å². The molecule has 19 heavy (non-hydrogen) atoms. The zero-order valence-electron chi connectivity index (χ0n) is 10.6. The molecule has 0 atom stereocenters. The van der Waals surface area contributed by atoms with Crippen LogP contribution in [-0.4, -0.2) is 23.0 Å². The Hall–Kier alpha value is -2.49. The fraction of sp³-hybridized carbons (Fsp3) is 0.133. The Balaban J connectivity index is 2.16. The van der Waals surface area contributed by atoms with Crippen molar-refractivity contribution in [3.05, 3.63) is 48.0 Å². The molecule has 2 N–H and O–H groups in total. The van der Waals surface area contributed by atoms with Gasteiger partial charge in [-0.15, -0.1) is 0 Å². The molecular formula is C15H15NO3. The average Bonchev–Trinajstić information content (AvgIpc) is 2.40. The molecule has 0 aliphatic rings. The second-order valence-electron chi connectivity index (χ2n) is 3.93. The summed E-state index contributed by atoms with van der Waals surface area (Å²) in [6, 6.07) is 11.6. The predicted molar refractivity (Wildman–Crippen MR) is 74.6 cm³/mol. The van der Waals surface area contributed by atoms with E-state index in [0.29, 0.717) is 18.0 Å². The maximum atomic E-state index is 9.81. The van der Waals surface area contributed by atoms with Gasteiger partial charge in [-0.1, -0.05) is 0 Å². The molecule has 0 radical (unpaired) electrons. The Kier molecular flexibility index (Phi) is 4.03. The molecule has 0 unspecified atom stereocenters. The van der Waals surface area contributed by atoms with Crippen molar-refractivity contribution in [1.29, 1.82) is 0 Å². The molecule has 4 heteroatoms. The predicted octanol–water partition coefficient (Wildman–Crippen LogP) is 3.25. The topological polar surface area (TPSA) is 62.0 Å². The fourth-order valence-corrected chi connectivity index (χ4v) is 1.57. The zero-order chi connectivity index (χ0) is 13.7. The molecule has 98 valence electrons. The van der Waals surface area contributed by atoms with Gasteiger partial charge in [0.25, 0.3) is 0 Å². The average molecular weight is 257 g/mol. The summed E-state index contributed by atoms with van der Waals surface area (Å²) in [7, 11) is 0. The zero-order valence-corrected chi connectivity index (χ0v) is 10.6. The van der Waals surface area contributed by atoms with E-state index in [1.165, 1.54) is 6.07 Å². The van der Waals surface area contributed by atoms with Crippen molar-refractivity contribution < 1.29 is 14.9 Å². The molecule has 0 amide bonds. The third-order valence-electron chi connectivity index (χ3n) is 2.50. The highest BCUT2D eigenvalue weighted by Gasteiger charge is 2.01. The molecular weight excluding hydrogens is 242 g/mol. The van der Waals surface area contributed by atoms with Crippen LogP contribution in [0.5, 0.6) is 17.2 Å². The molecule has 0 saturated carbocycles. The molecule has 2 aromatic carbocycles. The first-order valence-corrected chi connectivity index (χ1v) is 5.98. The standard InChI is InChI=1S/C15H15NO3/c1-2-19-13-7-8-14(15(18)9-13)16-10-11-3-5-12(17)6-4-11/h3-10,17-18H,2H2,1H3. The lowest BCUT2D eigenvalue weighted by atomic mass is 10.2. The molecule has 0 spiro atoms. The summed E-state index contributed by atoms with van der Waals surface area (Å²) < 4.78 is 5.28. The number of rotatable bonds is 4. The largest absolute Gasteiger partial charge is 0.508 e. The summed E-state index contributed by atoms with van der Waals surface area (Å²) in [5.74, 6) is 0.894. The Morgan fingerprint density at radius 3 is 2.47 bits per heavy atom. The van der Waals surface area contributed by atoms with Crippen LogP contribution < -0.4 is 4.74 Å². The summed E-state index contributed by atoms with van der Waals surface area (Å²) in [5, 5.41) is 19.0. The van der Waals surface area contributed by atoms with Crippen LogP contribution in [-0.2, 0) is 0 Å². The van der Waals surface area contributed by atoms with Gasteiger partial charge >= 0.3 is 0 Å². The van der Waals surface area contributed by atoms with E-state index in [1.807, 2.05) is 6.92 Å². The number of aliphatic imine (C=N–C) groups is 1. The summed E-state index contributed by atoms with van der Waals surface area (Å²) in [4.78, 5) is 4.19. The highest BCUT2D eigenvalue weighted by molar-refractivity contribution is 5.82. The van der Waals surface area contributed by atoms with Crippen molar-refractivity contribution >= 4 is 11.9 Å². The first-order chi connectivity index (χ1) is 9.19. The van der Waals surface area contributed by atoms with Gasteiger partial charge in [-0.25, -0.2) is 0 Å². The molecule has 0 fully saturated rings. The van der Waals surface area contributed by atoms with Gasteiger partial charge in [0.15, 0.2) is 0 Å². The number of hydrogen-bond acceptors (Lipinski definition) is 4. The highest BCUT2D eigenvalue weighted by Crippen LogP contribution is 2.30. The summed E-state index contributed by atoms with van der Waals surface area (Å²) in [5.41, 5.74) is 1.31. The van der Waals surface area contributed by atoms with Crippen LogP contribution in [0.4, 0.5) is 5.69 Å². The quantitative estimate of drug-likeness (QED) is 0.826. The molecule has 0 aliphatic heterocycles. The second-order valence-corrected chi connectivity index (χ2v) is 3.93. The lowest BCUT2D eigenvalue weighted by Gasteiger charge is -2.04. The monoisotopic (exact) mass is 257 g/mol. The number of phenols is 2. The lowest BCUT2D eigenvalue weighted by Crippen LogP contribution is -1.90. The first-order valence-electron chi connectivity index (χ1n) is 5.98. The fourth-order valence-electron chi connectivity index (χ4n) is 1.57. The molecule has 0 saturated heterocycles. The molecule has 0 aliphatic carbocycles. The van der Waals surface area contributed by atoms with Gasteiger partial charge in [0.05, 0.1) is 6.61 Å². The molecule has 2 rings (SSSR count). The number of ether oxygens (including phenoxy) is 1. The van der Waals surface area contributed by atoms with E-state index in [0.717, 1.165) is 5.56 Å². The molecule has 2 aromatic rings. The molecule has 4 nitrogen and oxygen atoms in total. The minimum atomic E-state index is 0.0704. The van der Waals surface area contributed by atoms with Gasteiger partial charge in [-0.05, 0) is 48.9 Å². The number of hydrogen-bond donors (Lipinski definition) is 2. The van der Waals surface area contributed by atoms with E-state index in [1.54, 1.807) is 42.6 Å². The lowest BCUT2D eigenvalue weighted by molar-refractivity contribution is 0.338. The number of nitrogens with zero attached hydrogens (tertiary/aromatic N) is 1. The first kappa shape index (κ1) is 13.0. The van der Waals surface area contributed by atoms with Crippen LogP contribution in [0.3, 0.4) is 0 Å². The minimum absolute atomic E-state index is 0.0704. The Labute approximate surface area is 111 Å². The molecule has 0 heterocycles. The number of aromatic hydroxyl groups is 2. The van der Waals surface area contributed by atoms with Crippen LogP contribution in [0, 0.1) is 0 Å². The number of phenolic OH excluding ortho intramolecular Hbond substituents is 2. The van der Waals surface area contributed by atoms with E-state index >= 15 is 0 Å². The van der Waals surface area contributed by atoms with Gasteiger partial charge < -0.3 is 14.9 Å². The summed E-state index contributed by atoms with van der Waals surface area (Å²) in [6.45, 7) is 2.43. The van der Waals surface area contributed by atoms with E-state index in [9.17, 15) is 5.11 Å². The van der Waals surface area contributed by atoms with Crippen LogP contribution in [0.2, 0.25) is 0 Å². The smallest absolute Gasteiger partial charge is 0.144 e. The van der Waals surface area contributed by atoms with Crippen molar-refractivity contribution in [3.63, 3.8) is 0 Å². The SMILES string of the molecule is CCOc1ccc(N=Cc2ccc(O)cc2)c(O)c1. The van der Waals surface area contributed by atoms with Crippen LogP contribution in [0.15, 0.2) is 47.5 Å². The normalized spacial score (nSPS) is 10.8. The van der Waals surface area contributed by atoms with E-state index in [2.05, 4.69) is 4.99 Å². The minimum Gasteiger partial charge on any atom is -0.508 e. The Bertz CT molecular complexity index is 576. The third-order valence-corrected chi connectivity index (χ3v) is 2.50. The van der Waals surface area contributed by atoms with Crippen LogP contribution >= 0.6 is 0 Å². The van der Waals surface area contributed by atoms with E-state index in [-0.39, 0.29) is 11.5 Å². The van der Waals surface area contributed by atoms with Gasteiger partial charge in [0.2, 0.25) is 0 Å². The van der Waals surface area contributed by atoms with Crippen LogP contribution in [0.25, 0.3) is 0 Å². The van der Waals surface area contributed by atoms with Gasteiger partial charge in [0, 0.05) is 12.3 Å². The van der Waals surface area contributed by atoms with Crippen molar-refractivity contribution in [2.75, 3.05) is 6.61 Å². The van der Waals surface area contributed by atoms with Gasteiger partial charge in [-0.2, -0.15) is 0 Å². The molecule has 0 aromatic heterocycles. The number of benzene rings is 2. The summed E-state index contributed by atoms with van der Waals surface area (Å²) >= 11 is 0. The summed E-state index contributed by atoms with van der Waals surface area (Å²) in [6.07, 6.45) is 1.62. The van der Waals surface area contributed by atoms with E-state index in [4.69, 9.17) is 9.84 Å². The third kappa shape index (κ3) is 3.48. The Morgan fingerprint density at radius 1 is 1.11 bits per heavy atom. The van der Waals surface area contributed by atoms with Crippen molar-refractivity contribution in [2.24, 2.45) is 4.99 Å². The van der Waals surface area contributed by atoms with Crippen LogP contribution in [0.1, 0.15) is 12.5 Å². The van der Waals surface area contributed by atoms with E-state index < -0.39 is 0 Å².